The minimum Gasteiger partial charge on any atom is -0.309 e. The molecule has 0 saturated heterocycles. The van der Waals surface area contributed by atoms with E-state index in [2.05, 4.69) is 61.1 Å². The molecule has 3 heteroatoms. The van der Waals surface area contributed by atoms with Crippen LogP contribution < -0.4 is 5.32 Å². The lowest BCUT2D eigenvalue weighted by molar-refractivity contribution is 0.377. The van der Waals surface area contributed by atoms with Crippen LogP contribution in [0.3, 0.4) is 0 Å². The largest absolute Gasteiger partial charge is 0.309 e. The van der Waals surface area contributed by atoms with Gasteiger partial charge >= 0.3 is 0 Å². The number of hydrogen-bond donors (Lipinski definition) is 1. The summed E-state index contributed by atoms with van der Waals surface area (Å²) in [6, 6.07) is 4.76. The molecule has 1 aromatic rings. The molecule has 1 aromatic heterocycles. The van der Waals surface area contributed by atoms with E-state index in [9.17, 15) is 0 Å². The van der Waals surface area contributed by atoms with Crippen molar-refractivity contribution in [1.82, 2.24) is 5.32 Å². The van der Waals surface area contributed by atoms with Gasteiger partial charge < -0.3 is 5.32 Å². The van der Waals surface area contributed by atoms with E-state index in [1.165, 1.54) is 8.66 Å². The van der Waals surface area contributed by atoms with Crippen molar-refractivity contribution in [3.8, 4) is 0 Å². The fourth-order valence-corrected chi connectivity index (χ4v) is 2.71. The second-order valence-corrected chi connectivity index (χ2v) is 6.99. The lowest BCUT2D eigenvalue weighted by Gasteiger charge is -2.19. The Bertz CT molecular complexity index is 296. The van der Waals surface area contributed by atoms with Crippen molar-refractivity contribution in [1.29, 1.82) is 0 Å². The highest BCUT2D eigenvalue weighted by Crippen LogP contribution is 2.27. The molecule has 0 bridgehead atoms. The van der Waals surface area contributed by atoms with Crippen LogP contribution in [0.25, 0.3) is 0 Å². The maximum Gasteiger partial charge on any atom is 0.0701 e. The summed E-state index contributed by atoms with van der Waals surface area (Å²) in [4.78, 5) is 1.40. The second-order valence-electron chi connectivity index (χ2n) is 4.49. The SMILES string of the molecule is CC(NCC(C)C(C)C)c1ccc(Br)s1. The van der Waals surface area contributed by atoms with Crippen molar-refractivity contribution in [3.63, 3.8) is 0 Å². The van der Waals surface area contributed by atoms with E-state index in [4.69, 9.17) is 0 Å². The molecule has 0 aliphatic carbocycles. The summed E-state index contributed by atoms with van der Waals surface area (Å²) in [6.45, 7) is 10.2. The zero-order chi connectivity index (χ0) is 11.4. The smallest absolute Gasteiger partial charge is 0.0701 e. The van der Waals surface area contributed by atoms with Crippen molar-refractivity contribution in [2.75, 3.05) is 6.54 Å². The van der Waals surface area contributed by atoms with E-state index in [1.807, 2.05) is 11.3 Å². The summed E-state index contributed by atoms with van der Waals surface area (Å²) >= 11 is 5.30. The standard InChI is InChI=1S/C12H20BrNS/c1-8(2)9(3)7-14-10(4)11-5-6-12(13)15-11/h5-6,8-10,14H,7H2,1-4H3. The van der Waals surface area contributed by atoms with Crippen molar-refractivity contribution in [2.45, 2.75) is 33.7 Å². The van der Waals surface area contributed by atoms with Crippen molar-refractivity contribution in [2.24, 2.45) is 11.8 Å². The molecule has 0 aliphatic rings. The van der Waals surface area contributed by atoms with Gasteiger partial charge in [-0.1, -0.05) is 20.8 Å². The molecule has 0 fully saturated rings. The average molecular weight is 290 g/mol. The highest BCUT2D eigenvalue weighted by atomic mass is 79.9. The molecule has 0 spiro atoms. The third-order valence-electron chi connectivity index (χ3n) is 2.90. The number of halogens is 1. The molecular formula is C12H20BrNS. The van der Waals surface area contributed by atoms with Gasteiger partial charge in [0.1, 0.15) is 0 Å². The third kappa shape index (κ3) is 4.25. The van der Waals surface area contributed by atoms with Gasteiger partial charge in [0, 0.05) is 10.9 Å². The first-order valence-electron chi connectivity index (χ1n) is 5.49. The van der Waals surface area contributed by atoms with Crippen molar-refractivity contribution in [3.05, 3.63) is 20.8 Å². The molecule has 0 amide bonds. The molecule has 1 nitrogen and oxygen atoms in total. The first kappa shape index (κ1) is 13.2. The Morgan fingerprint density at radius 1 is 1.27 bits per heavy atom. The van der Waals surface area contributed by atoms with Gasteiger partial charge in [-0.2, -0.15) is 0 Å². The zero-order valence-electron chi connectivity index (χ0n) is 9.88. The van der Waals surface area contributed by atoms with Crippen LogP contribution in [0, 0.1) is 11.8 Å². The van der Waals surface area contributed by atoms with Gasteiger partial charge in [0.15, 0.2) is 0 Å². The van der Waals surface area contributed by atoms with Crippen molar-refractivity contribution < 1.29 is 0 Å². The predicted octanol–water partition coefficient (Wildman–Crippen LogP) is 4.45. The maximum atomic E-state index is 3.58. The van der Waals surface area contributed by atoms with Crippen LogP contribution >= 0.6 is 27.3 Å². The van der Waals surface area contributed by atoms with Crippen LogP contribution in [-0.2, 0) is 0 Å². The first-order valence-corrected chi connectivity index (χ1v) is 7.10. The minimum atomic E-state index is 0.461. The molecule has 0 aromatic carbocycles. The number of hydrogen-bond acceptors (Lipinski definition) is 2. The van der Waals surface area contributed by atoms with E-state index in [0.29, 0.717) is 6.04 Å². The van der Waals surface area contributed by atoms with Crippen LogP contribution in [0.2, 0.25) is 0 Å². The maximum absolute atomic E-state index is 3.58. The lowest BCUT2D eigenvalue weighted by Crippen LogP contribution is -2.26. The van der Waals surface area contributed by atoms with Gasteiger partial charge in [0.05, 0.1) is 3.79 Å². The highest BCUT2D eigenvalue weighted by molar-refractivity contribution is 9.11. The van der Waals surface area contributed by atoms with Gasteiger partial charge in [0.2, 0.25) is 0 Å². The summed E-state index contributed by atoms with van der Waals surface area (Å²) in [6.07, 6.45) is 0. The molecule has 0 aliphatic heterocycles. The fraction of sp³-hybridized carbons (Fsp3) is 0.667. The molecule has 1 rings (SSSR count). The van der Waals surface area contributed by atoms with Crippen LogP contribution in [0.5, 0.6) is 0 Å². The Morgan fingerprint density at radius 3 is 2.40 bits per heavy atom. The Labute approximate surface area is 105 Å². The van der Waals surface area contributed by atoms with E-state index < -0.39 is 0 Å². The average Bonchev–Trinajstić information content (AvgIpc) is 2.60. The molecule has 15 heavy (non-hydrogen) atoms. The van der Waals surface area contributed by atoms with Gasteiger partial charge in [-0.15, -0.1) is 11.3 Å². The molecule has 86 valence electrons. The van der Waals surface area contributed by atoms with Crippen LogP contribution in [0.15, 0.2) is 15.9 Å². The van der Waals surface area contributed by atoms with E-state index in [1.54, 1.807) is 0 Å². The summed E-state index contributed by atoms with van der Waals surface area (Å²) in [5, 5.41) is 3.58. The van der Waals surface area contributed by atoms with E-state index >= 15 is 0 Å². The van der Waals surface area contributed by atoms with Gasteiger partial charge in [-0.3, -0.25) is 0 Å². The molecule has 1 heterocycles. The first-order chi connectivity index (χ1) is 7.00. The minimum absolute atomic E-state index is 0.461. The molecule has 2 atom stereocenters. The second kappa shape index (κ2) is 6.02. The Morgan fingerprint density at radius 2 is 1.93 bits per heavy atom. The summed E-state index contributed by atoms with van der Waals surface area (Å²) in [5.74, 6) is 1.48. The monoisotopic (exact) mass is 289 g/mol. The highest BCUT2D eigenvalue weighted by Gasteiger charge is 2.11. The molecule has 1 N–H and O–H groups in total. The van der Waals surface area contributed by atoms with E-state index in [-0.39, 0.29) is 0 Å². The van der Waals surface area contributed by atoms with Crippen LogP contribution in [-0.4, -0.2) is 6.54 Å². The molecular weight excluding hydrogens is 270 g/mol. The third-order valence-corrected chi connectivity index (χ3v) is 4.71. The van der Waals surface area contributed by atoms with Crippen molar-refractivity contribution >= 4 is 27.3 Å². The molecule has 2 unspecified atom stereocenters. The lowest BCUT2D eigenvalue weighted by atomic mass is 9.98. The number of rotatable bonds is 5. The summed E-state index contributed by atoms with van der Waals surface area (Å²) in [7, 11) is 0. The molecule has 0 saturated carbocycles. The zero-order valence-corrected chi connectivity index (χ0v) is 12.3. The van der Waals surface area contributed by atoms with Crippen LogP contribution in [0.4, 0.5) is 0 Å². The van der Waals surface area contributed by atoms with Gasteiger partial charge in [-0.25, -0.2) is 0 Å². The Hall–Kier alpha value is 0.140. The number of thiophene rings is 1. The van der Waals surface area contributed by atoms with E-state index in [0.717, 1.165) is 18.4 Å². The summed E-state index contributed by atoms with van der Waals surface area (Å²) < 4.78 is 1.21. The van der Waals surface area contributed by atoms with Gasteiger partial charge in [0.25, 0.3) is 0 Å². The van der Waals surface area contributed by atoms with Gasteiger partial charge in [-0.05, 0) is 53.4 Å². The topological polar surface area (TPSA) is 12.0 Å². The Balaban J connectivity index is 2.39. The number of nitrogens with one attached hydrogen (secondary N) is 1. The normalized spacial score (nSPS) is 15.6. The molecule has 0 radical (unpaired) electrons. The predicted molar refractivity (Wildman–Crippen MR) is 72.4 cm³/mol. The quantitative estimate of drug-likeness (QED) is 0.844. The fourth-order valence-electron chi connectivity index (χ4n) is 1.26. The Kier molecular flexibility index (Phi) is 5.30. The van der Waals surface area contributed by atoms with Crippen LogP contribution in [0.1, 0.15) is 38.6 Å². The summed E-state index contributed by atoms with van der Waals surface area (Å²) in [5.41, 5.74) is 0.